The number of aromatic nitrogens is 1. The number of hydrogen-bond donors (Lipinski definition) is 2. The first-order valence-electron chi connectivity index (χ1n) is 8.46. The predicted octanol–water partition coefficient (Wildman–Crippen LogP) is 3.83. The molecule has 0 aliphatic carbocycles. The smallest absolute Gasteiger partial charge is 0.270 e. The van der Waals surface area contributed by atoms with Crippen LogP contribution < -0.4 is 10.6 Å². The Morgan fingerprint density at radius 2 is 1.69 bits per heavy atom. The highest BCUT2D eigenvalue weighted by molar-refractivity contribution is 6.34. The zero-order chi connectivity index (χ0) is 20.8. The van der Waals surface area contributed by atoms with Gasteiger partial charge in [0.2, 0.25) is 0 Å². The number of nitrogens with zero attached hydrogens (tertiary/aromatic N) is 2. The fourth-order valence-corrected chi connectivity index (χ4v) is 2.75. The fourth-order valence-electron chi connectivity index (χ4n) is 2.49. The first kappa shape index (κ1) is 20.0. The van der Waals surface area contributed by atoms with Gasteiger partial charge in [-0.1, -0.05) is 23.7 Å². The van der Waals surface area contributed by atoms with Gasteiger partial charge in [-0.2, -0.15) is 0 Å². The molecule has 2 N–H and O–H groups in total. The second-order valence-electron chi connectivity index (χ2n) is 5.99. The first-order chi connectivity index (χ1) is 13.9. The maximum Gasteiger partial charge on any atom is 0.270 e. The highest BCUT2D eigenvalue weighted by Crippen LogP contribution is 2.22. The summed E-state index contributed by atoms with van der Waals surface area (Å²) in [6.45, 7) is 0.227. The van der Waals surface area contributed by atoms with Crippen molar-refractivity contribution in [1.82, 2.24) is 10.3 Å². The van der Waals surface area contributed by atoms with Crippen LogP contribution in [0.25, 0.3) is 0 Å². The van der Waals surface area contributed by atoms with Crippen LogP contribution in [-0.4, -0.2) is 21.7 Å². The van der Waals surface area contributed by atoms with Crippen molar-refractivity contribution in [2.24, 2.45) is 0 Å². The number of hydrogen-bond acceptors (Lipinski definition) is 5. The normalized spacial score (nSPS) is 10.2. The SMILES string of the molecule is O=C(Nc1ccc(CNC(=O)c2ccc([N+](=O)[O-])cc2Cl)cc1)c1ccncc1. The Morgan fingerprint density at radius 3 is 2.31 bits per heavy atom. The lowest BCUT2D eigenvalue weighted by Crippen LogP contribution is -2.23. The van der Waals surface area contributed by atoms with Gasteiger partial charge >= 0.3 is 0 Å². The summed E-state index contributed by atoms with van der Waals surface area (Å²) < 4.78 is 0. The maximum absolute atomic E-state index is 12.3. The molecule has 0 aliphatic rings. The van der Waals surface area contributed by atoms with E-state index in [-0.39, 0.29) is 28.7 Å². The molecule has 0 saturated heterocycles. The minimum atomic E-state index is -0.581. The molecule has 0 bridgehead atoms. The van der Waals surface area contributed by atoms with E-state index >= 15 is 0 Å². The molecule has 1 aromatic heterocycles. The number of nitro groups is 1. The van der Waals surface area contributed by atoms with Gasteiger partial charge in [-0.05, 0) is 35.9 Å². The summed E-state index contributed by atoms with van der Waals surface area (Å²) in [7, 11) is 0. The third-order valence-corrected chi connectivity index (χ3v) is 4.33. The second kappa shape index (κ2) is 8.94. The van der Waals surface area contributed by atoms with E-state index in [1.54, 1.807) is 36.4 Å². The zero-order valence-electron chi connectivity index (χ0n) is 15.0. The zero-order valence-corrected chi connectivity index (χ0v) is 15.7. The molecule has 0 fully saturated rings. The Hall–Kier alpha value is -3.78. The lowest BCUT2D eigenvalue weighted by molar-refractivity contribution is -0.384. The quantitative estimate of drug-likeness (QED) is 0.473. The number of amides is 2. The highest BCUT2D eigenvalue weighted by atomic mass is 35.5. The summed E-state index contributed by atoms with van der Waals surface area (Å²) in [6.07, 6.45) is 3.08. The maximum atomic E-state index is 12.3. The summed E-state index contributed by atoms with van der Waals surface area (Å²) in [5.74, 6) is -0.693. The molecule has 0 spiro atoms. The molecule has 0 unspecified atom stereocenters. The minimum Gasteiger partial charge on any atom is -0.348 e. The Labute approximate surface area is 170 Å². The number of rotatable bonds is 6. The monoisotopic (exact) mass is 410 g/mol. The second-order valence-corrected chi connectivity index (χ2v) is 6.40. The van der Waals surface area contributed by atoms with Gasteiger partial charge in [0.25, 0.3) is 17.5 Å². The molecule has 3 aromatic rings. The molecular weight excluding hydrogens is 396 g/mol. The van der Waals surface area contributed by atoms with Crippen LogP contribution in [0.15, 0.2) is 67.0 Å². The number of nitrogens with one attached hydrogen (secondary N) is 2. The van der Waals surface area contributed by atoms with Crippen molar-refractivity contribution >= 4 is 34.8 Å². The van der Waals surface area contributed by atoms with Gasteiger partial charge in [-0.3, -0.25) is 24.7 Å². The summed E-state index contributed by atoms with van der Waals surface area (Å²) in [5.41, 5.74) is 1.88. The molecule has 2 aromatic carbocycles. The van der Waals surface area contributed by atoms with E-state index in [0.29, 0.717) is 11.3 Å². The Kier molecular flexibility index (Phi) is 6.16. The van der Waals surface area contributed by atoms with Crippen LogP contribution >= 0.6 is 11.6 Å². The molecule has 0 radical (unpaired) electrons. The minimum absolute atomic E-state index is 0.00544. The van der Waals surface area contributed by atoms with Crippen molar-refractivity contribution < 1.29 is 14.5 Å². The molecular formula is C20H15ClN4O4. The van der Waals surface area contributed by atoms with Crippen LogP contribution in [0.5, 0.6) is 0 Å². The van der Waals surface area contributed by atoms with Gasteiger partial charge < -0.3 is 10.6 Å². The lowest BCUT2D eigenvalue weighted by Gasteiger charge is -2.09. The van der Waals surface area contributed by atoms with Crippen LogP contribution in [-0.2, 0) is 6.54 Å². The average molecular weight is 411 g/mol. The molecule has 0 aliphatic heterocycles. The number of benzene rings is 2. The van der Waals surface area contributed by atoms with Crippen molar-refractivity contribution in [3.05, 3.63) is 98.8 Å². The molecule has 3 rings (SSSR count). The van der Waals surface area contributed by atoms with E-state index < -0.39 is 10.8 Å². The van der Waals surface area contributed by atoms with Gasteiger partial charge in [0.1, 0.15) is 0 Å². The van der Waals surface area contributed by atoms with E-state index in [0.717, 1.165) is 11.6 Å². The van der Waals surface area contributed by atoms with E-state index in [1.165, 1.54) is 24.5 Å². The molecule has 0 atom stereocenters. The molecule has 2 amide bonds. The van der Waals surface area contributed by atoms with Crippen LogP contribution in [0.1, 0.15) is 26.3 Å². The predicted molar refractivity (Wildman–Crippen MR) is 108 cm³/mol. The third-order valence-electron chi connectivity index (χ3n) is 4.02. The van der Waals surface area contributed by atoms with Crippen molar-refractivity contribution in [3.63, 3.8) is 0 Å². The van der Waals surface area contributed by atoms with E-state index in [4.69, 9.17) is 11.6 Å². The summed E-state index contributed by atoms with van der Waals surface area (Å²) in [4.78, 5) is 38.4. The molecule has 146 valence electrons. The molecule has 9 heteroatoms. The van der Waals surface area contributed by atoms with Crippen molar-refractivity contribution in [2.45, 2.75) is 6.54 Å². The van der Waals surface area contributed by atoms with E-state index in [1.807, 2.05) is 0 Å². The number of carbonyl (C=O) groups excluding carboxylic acids is 2. The topological polar surface area (TPSA) is 114 Å². The van der Waals surface area contributed by atoms with Crippen LogP contribution in [0.4, 0.5) is 11.4 Å². The van der Waals surface area contributed by atoms with Gasteiger partial charge in [0.15, 0.2) is 0 Å². The molecule has 29 heavy (non-hydrogen) atoms. The third kappa shape index (κ3) is 5.14. The molecule has 8 nitrogen and oxygen atoms in total. The van der Waals surface area contributed by atoms with Crippen molar-refractivity contribution in [2.75, 3.05) is 5.32 Å². The molecule has 1 heterocycles. The number of halogens is 1. The Balaban J connectivity index is 1.58. The standard InChI is InChI=1S/C20H15ClN4O4/c21-18-11-16(25(28)29)5-6-17(18)20(27)23-12-13-1-3-15(4-2-13)24-19(26)14-7-9-22-10-8-14/h1-11H,12H2,(H,23,27)(H,24,26). The Bertz CT molecular complexity index is 1060. The van der Waals surface area contributed by atoms with Gasteiger partial charge in [0, 0.05) is 42.3 Å². The van der Waals surface area contributed by atoms with Gasteiger partial charge in [0.05, 0.1) is 15.5 Å². The van der Waals surface area contributed by atoms with E-state index in [2.05, 4.69) is 15.6 Å². The molecule has 0 saturated carbocycles. The van der Waals surface area contributed by atoms with Gasteiger partial charge in [-0.15, -0.1) is 0 Å². The average Bonchev–Trinajstić information content (AvgIpc) is 2.73. The highest BCUT2D eigenvalue weighted by Gasteiger charge is 2.14. The number of anilines is 1. The van der Waals surface area contributed by atoms with Crippen LogP contribution in [0.2, 0.25) is 5.02 Å². The summed E-state index contributed by atoms with van der Waals surface area (Å²) in [6, 6.07) is 13.9. The van der Waals surface area contributed by atoms with Gasteiger partial charge in [-0.25, -0.2) is 0 Å². The van der Waals surface area contributed by atoms with Crippen LogP contribution in [0, 0.1) is 10.1 Å². The lowest BCUT2D eigenvalue weighted by atomic mass is 10.1. The summed E-state index contributed by atoms with van der Waals surface area (Å²) >= 11 is 5.96. The van der Waals surface area contributed by atoms with Crippen molar-refractivity contribution in [1.29, 1.82) is 0 Å². The van der Waals surface area contributed by atoms with E-state index in [9.17, 15) is 19.7 Å². The largest absolute Gasteiger partial charge is 0.348 e. The number of nitro benzene ring substituents is 1. The fraction of sp³-hybridized carbons (Fsp3) is 0.0500. The number of non-ortho nitro benzene ring substituents is 1. The summed E-state index contributed by atoms with van der Waals surface area (Å²) in [5, 5.41) is 16.2. The first-order valence-corrected chi connectivity index (χ1v) is 8.84. The van der Waals surface area contributed by atoms with Crippen LogP contribution in [0.3, 0.4) is 0 Å². The Morgan fingerprint density at radius 1 is 1.00 bits per heavy atom. The number of pyridine rings is 1. The number of carbonyl (C=O) groups is 2. The van der Waals surface area contributed by atoms with Crippen molar-refractivity contribution in [3.8, 4) is 0 Å².